The smallest absolute Gasteiger partial charge is 0.255 e. The minimum Gasteiger partial charge on any atom is -0.363 e. The highest BCUT2D eigenvalue weighted by atomic mass is 16.1. The maximum atomic E-state index is 12.4. The van der Waals surface area contributed by atoms with Crippen LogP contribution in [0.1, 0.15) is 17.3 Å². The van der Waals surface area contributed by atoms with Crippen LogP contribution in [0.25, 0.3) is 11.0 Å². The molecule has 0 aliphatic heterocycles. The van der Waals surface area contributed by atoms with Gasteiger partial charge >= 0.3 is 0 Å². The van der Waals surface area contributed by atoms with Gasteiger partial charge in [0.25, 0.3) is 5.91 Å². The molecule has 0 bridgehead atoms. The Balaban J connectivity index is 1.83. The second-order valence-electron chi connectivity index (χ2n) is 5.49. The third-order valence-corrected chi connectivity index (χ3v) is 3.69. The van der Waals surface area contributed by atoms with E-state index in [2.05, 4.69) is 26.8 Å². The first-order chi connectivity index (χ1) is 11.1. The number of nitrogens with one attached hydrogen (secondary N) is 1. The molecule has 2 heterocycles. The maximum Gasteiger partial charge on any atom is 0.255 e. The summed E-state index contributed by atoms with van der Waals surface area (Å²) < 4.78 is 2.06. The summed E-state index contributed by atoms with van der Waals surface area (Å²) >= 11 is 0. The lowest BCUT2D eigenvalue weighted by atomic mass is 10.2. The molecule has 0 saturated carbocycles. The second-order valence-corrected chi connectivity index (χ2v) is 5.49. The van der Waals surface area contributed by atoms with Gasteiger partial charge in [-0.3, -0.25) is 4.79 Å². The second kappa shape index (κ2) is 6.08. The van der Waals surface area contributed by atoms with Gasteiger partial charge in [-0.2, -0.15) is 0 Å². The van der Waals surface area contributed by atoms with E-state index in [1.807, 2.05) is 43.5 Å². The zero-order valence-electron chi connectivity index (χ0n) is 13.4. The molecule has 0 atom stereocenters. The number of amides is 1. The van der Waals surface area contributed by atoms with Crippen molar-refractivity contribution >= 4 is 28.4 Å². The number of nitrogens with zero attached hydrogens (tertiary/aromatic N) is 4. The minimum absolute atomic E-state index is 0.162. The van der Waals surface area contributed by atoms with Crippen molar-refractivity contribution in [2.45, 2.75) is 13.5 Å². The largest absolute Gasteiger partial charge is 0.363 e. The Bertz CT molecular complexity index is 853. The summed E-state index contributed by atoms with van der Waals surface area (Å²) in [4.78, 5) is 22.8. The molecule has 3 rings (SSSR count). The molecule has 6 heteroatoms. The molecule has 0 saturated heterocycles. The molecular weight excluding hydrogens is 290 g/mol. The molecule has 0 unspecified atom stereocenters. The van der Waals surface area contributed by atoms with E-state index in [0.29, 0.717) is 5.56 Å². The van der Waals surface area contributed by atoms with E-state index in [1.54, 1.807) is 18.3 Å². The number of aryl methyl sites for hydroxylation is 1. The number of fused-ring (bicyclic) bond motifs is 1. The summed E-state index contributed by atoms with van der Waals surface area (Å²) in [5.74, 6) is 0.583. The van der Waals surface area contributed by atoms with Crippen LogP contribution in [0.5, 0.6) is 0 Å². The van der Waals surface area contributed by atoms with Gasteiger partial charge in [0, 0.05) is 38.1 Å². The van der Waals surface area contributed by atoms with Gasteiger partial charge in [-0.1, -0.05) is 0 Å². The number of hydrogen-bond donors (Lipinski definition) is 1. The minimum atomic E-state index is -0.162. The summed E-state index contributed by atoms with van der Waals surface area (Å²) in [7, 11) is 3.78. The first kappa shape index (κ1) is 15.0. The van der Waals surface area contributed by atoms with Crippen LogP contribution >= 0.6 is 0 Å². The lowest BCUT2D eigenvalue weighted by Gasteiger charge is -2.12. The van der Waals surface area contributed by atoms with Crippen LogP contribution in [0.15, 0.2) is 42.9 Å². The predicted molar refractivity (Wildman–Crippen MR) is 91.9 cm³/mol. The topological polar surface area (TPSA) is 63.1 Å². The molecule has 1 amide bonds. The van der Waals surface area contributed by atoms with Crippen molar-refractivity contribution in [3.05, 3.63) is 48.4 Å². The Morgan fingerprint density at radius 2 is 2.04 bits per heavy atom. The highest BCUT2D eigenvalue weighted by Crippen LogP contribution is 2.19. The number of carbonyl (C=O) groups is 1. The standard InChI is InChI=1S/C17H19N5O/c1-4-22-11-19-14-10-13(5-6-15(14)22)20-17(23)12-7-8-18-16(9-12)21(2)3/h5-11H,4H2,1-3H3,(H,20,23). The summed E-state index contributed by atoms with van der Waals surface area (Å²) in [5, 5.41) is 2.91. The quantitative estimate of drug-likeness (QED) is 0.805. The number of anilines is 2. The van der Waals surface area contributed by atoms with E-state index in [4.69, 9.17) is 0 Å². The normalized spacial score (nSPS) is 10.7. The summed E-state index contributed by atoms with van der Waals surface area (Å²) in [6.45, 7) is 2.94. The van der Waals surface area contributed by atoms with Crippen molar-refractivity contribution in [1.29, 1.82) is 0 Å². The fourth-order valence-electron chi connectivity index (χ4n) is 2.40. The Hall–Kier alpha value is -2.89. The lowest BCUT2D eigenvalue weighted by Crippen LogP contribution is -2.15. The van der Waals surface area contributed by atoms with E-state index < -0.39 is 0 Å². The van der Waals surface area contributed by atoms with Crippen LogP contribution in [0.2, 0.25) is 0 Å². The van der Waals surface area contributed by atoms with Crippen LogP contribution in [0.4, 0.5) is 11.5 Å². The van der Waals surface area contributed by atoms with Gasteiger partial charge in [0.1, 0.15) is 5.82 Å². The number of rotatable bonds is 4. The van der Waals surface area contributed by atoms with Crippen molar-refractivity contribution in [2.75, 3.05) is 24.3 Å². The Morgan fingerprint density at radius 1 is 1.22 bits per heavy atom. The fourth-order valence-corrected chi connectivity index (χ4v) is 2.40. The van der Waals surface area contributed by atoms with E-state index in [0.717, 1.165) is 29.1 Å². The van der Waals surface area contributed by atoms with Crippen molar-refractivity contribution in [1.82, 2.24) is 14.5 Å². The van der Waals surface area contributed by atoms with Crippen molar-refractivity contribution in [3.8, 4) is 0 Å². The van der Waals surface area contributed by atoms with Crippen LogP contribution in [0.3, 0.4) is 0 Å². The van der Waals surface area contributed by atoms with E-state index in [1.165, 1.54) is 0 Å². The Labute approximate surface area is 134 Å². The van der Waals surface area contributed by atoms with Crippen LogP contribution in [0, 0.1) is 0 Å². The number of aromatic nitrogens is 3. The molecule has 6 nitrogen and oxygen atoms in total. The average Bonchev–Trinajstić information content (AvgIpc) is 2.97. The molecule has 23 heavy (non-hydrogen) atoms. The molecule has 2 aromatic heterocycles. The lowest BCUT2D eigenvalue weighted by molar-refractivity contribution is 0.102. The van der Waals surface area contributed by atoms with Gasteiger partial charge in [0.05, 0.1) is 17.4 Å². The molecule has 1 N–H and O–H groups in total. The third kappa shape index (κ3) is 3.01. The van der Waals surface area contributed by atoms with Crippen molar-refractivity contribution in [2.24, 2.45) is 0 Å². The van der Waals surface area contributed by atoms with Gasteiger partial charge in [-0.05, 0) is 37.3 Å². The molecule has 0 aliphatic carbocycles. The fraction of sp³-hybridized carbons (Fsp3) is 0.235. The zero-order valence-corrected chi connectivity index (χ0v) is 13.4. The average molecular weight is 309 g/mol. The monoisotopic (exact) mass is 309 g/mol. The molecule has 0 fully saturated rings. The molecule has 0 spiro atoms. The van der Waals surface area contributed by atoms with Gasteiger partial charge in [-0.25, -0.2) is 9.97 Å². The van der Waals surface area contributed by atoms with Crippen LogP contribution in [-0.4, -0.2) is 34.5 Å². The Morgan fingerprint density at radius 3 is 2.78 bits per heavy atom. The third-order valence-electron chi connectivity index (χ3n) is 3.69. The summed E-state index contributed by atoms with van der Waals surface area (Å²) in [6, 6.07) is 9.21. The molecular formula is C17H19N5O. The number of carbonyl (C=O) groups excluding carboxylic acids is 1. The highest BCUT2D eigenvalue weighted by Gasteiger charge is 2.09. The highest BCUT2D eigenvalue weighted by molar-refractivity contribution is 6.05. The number of hydrogen-bond acceptors (Lipinski definition) is 4. The number of imidazole rings is 1. The molecule has 0 radical (unpaired) electrons. The molecule has 118 valence electrons. The SMILES string of the molecule is CCn1cnc2cc(NC(=O)c3ccnc(N(C)C)c3)ccc21. The van der Waals surface area contributed by atoms with Gasteiger partial charge in [0.2, 0.25) is 0 Å². The maximum absolute atomic E-state index is 12.4. The molecule has 0 aliphatic rings. The number of pyridine rings is 1. The number of benzene rings is 1. The van der Waals surface area contributed by atoms with Gasteiger partial charge in [-0.15, -0.1) is 0 Å². The first-order valence-corrected chi connectivity index (χ1v) is 7.48. The van der Waals surface area contributed by atoms with E-state index in [9.17, 15) is 4.79 Å². The summed E-state index contributed by atoms with van der Waals surface area (Å²) in [5.41, 5.74) is 3.23. The van der Waals surface area contributed by atoms with E-state index in [-0.39, 0.29) is 5.91 Å². The molecule has 3 aromatic rings. The zero-order chi connectivity index (χ0) is 16.4. The van der Waals surface area contributed by atoms with Gasteiger partial charge in [0.15, 0.2) is 0 Å². The van der Waals surface area contributed by atoms with Crippen LogP contribution in [-0.2, 0) is 6.54 Å². The van der Waals surface area contributed by atoms with Crippen molar-refractivity contribution < 1.29 is 4.79 Å². The Kier molecular flexibility index (Phi) is 3.97. The first-order valence-electron chi connectivity index (χ1n) is 7.48. The van der Waals surface area contributed by atoms with Gasteiger partial charge < -0.3 is 14.8 Å². The van der Waals surface area contributed by atoms with Crippen LogP contribution < -0.4 is 10.2 Å². The van der Waals surface area contributed by atoms with Crippen molar-refractivity contribution in [3.63, 3.8) is 0 Å². The molecule has 1 aromatic carbocycles. The summed E-state index contributed by atoms with van der Waals surface area (Å²) in [6.07, 6.45) is 3.44. The van der Waals surface area contributed by atoms with E-state index >= 15 is 0 Å². The predicted octanol–water partition coefficient (Wildman–Crippen LogP) is 2.77.